The summed E-state index contributed by atoms with van der Waals surface area (Å²) in [7, 11) is 0. The summed E-state index contributed by atoms with van der Waals surface area (Å²) >= 11 is 0. The second-order valence-corrected chi connectivity index (χ2v) is 7.79. The van der Waals surface area contributed by atoms with Gasteiger partial charge in [0, 0.05) is 19.5 Å². The van der Waals surface area contributed by atoms with Gasteiger partial charge in [-0.2, -0.15) is 0 Å². The van der Waals surface area contributed by atoms with E-state index in [1.807, 2.05) is 0 Å². The van der Waals surface area contributed by atoms with Crippen LogP contribution in [0.2, 0.25) is 0 Å². The maximum atomic E-state index is 12.3. The Morgan fingerprint density at radius 3 is 2.34 bits per heavy atom. The molecule has 7 nitrogen and oxygen atoms in total. The number of esters is 1. The Kier molecular flexibility index (Phi) is 7.01. The lowest BCUT2D eigenvalue weighted by Gasteiger charge is -2.22. The van der Waals surface area contributed by atoms with Gasteiger partial charge in [-0.05, 0) is 44.2 Å². The van der Waals surface area contributed by atoms with Crippen molar-refractivity contribution >= 4 is 23.7 Å². The molecule has 3 rings (SSSR count). The van der Waals surface area contributed by atoms with Crippen LogP contribution < -0.4 is 5.32 Å². The number of nitrogens with one attached hydrogen (secondary N) is 1. The van der Waals surface area contributed by atoms with E-state index in [1.165, 1.54) is 19.3 Å². The molecule has 0 saturated heterocycles. The SMILES string of the molecule is CC(OC(=O)CCCN1C(=O)c2ccccc2C1=O)C(=O)NCC1CCCCC1. The number of hydrogen-bond acceptors (Lipinski definition) is 5. The highest BCUT2D eigenvalue weighted by Crippen LogP contribution is 2.23. The van der Waals surface area contributed by atoms with Crippen molar-refractivity contribution in [1.82, 2.24) is 10.2 Å². The Balaban J connectivity index is 1.37. The average Bonchev–Trinajstić information content (AvgIpc) is 2.97. The van der Waals surface area contributed by atoms with Crippen molar-refractivity contribution < 1.29 is 23.9 Å². The van der Waals surface area contributed by atoms with Gasteiger partial charge in [0.15, 0.2) is 6.10 Å². The van der Waals surface area contributed by atoms with E-state index in [0.717, 1.165) is 17.7 Å². The van der Waals surface area contributed by atoms with Crippen molar-refractivity contribution in [1.29, 1.82) is 0 Å². The molecule has 0 radical (unpaired) electrons. The zero-order valence-electron chi connectivity index (χ0n) is 16.8. The van der Waals surface area contributed by atoms with Gasteiger partial charge in [-0.25, -0.2) is 0 Å². The zero-order chi connectivity index (χ0) is 20.8. The molecule has 1 aliphatic carbocycles. The first-order valence-electron chi connectivity index (χ1n) is 10.4. The van der Waals surface area contributed by atoms with Crippen molar-refractivity contribution in [2.24, 2.45) is 5.92 Å². The van der Waals surface area contributed by atoms with E-state index in [-0.39, 0.29) is 30.7 Å². The molecule has 0 aromatic heterocycles. The first kappa shape index (κ1) is 21.0. The third-order valence-corrected chi connectivity index (χ3v) is 5.61. The molecule has 1 fully saturated rings. The van der Waals surface area contributed by atoms with Gasteiger partial charge in [0.1, 0.15) is 0 Å². The number of rotatable bonds is 8. The predicted molar refractivity (Wildman–Crippen MR) is 106 cm³/mol. The fraction of sp³-hybridized carbons (Fsp3) is 0.545. The van der Waals surface area contributed by atoms with Crippen LogP contribution in [0, 0.1) is 5.92 Å². The topological polar surface area (TPSA) is 92.8 Å². The number of carbonyl (C=O) groups is 4. The molecule has 1 saturated carbocycles. The Hall–Kier alpha value is -2.70. The van der Waals surface area contributed by atoms with E-state index in [2.05, 4.69) is 5.32 Å². The molecular weight excluding hydrogens is 372 g/mol. The molecule has 1 aromatic rings. The van der Waals surface area contributed by atoms with Crippen LogP contribution in [0.15, 0.2) is 24.3 Å². The molecule has 1 N–H and O–H groups in total. The highest BCUT2D eigenvalue weighted by atomic mass is 16.5. The Morgan fingerprint density at radius 1 is 1.10 bits per heavy atom. The molecule has 7 heteroatoms. The quantitative estimate of drug-likeness (QED) is 0.535. The predicted octanol–water partition coefficient (Wildman–Crippen LogP) is 2.69. The number of benzene rings is 1. The van der Waals surface area contributed by atoms with Crippen LogP contribution in [0.4, 0.5) is 0 Å². The van der Waals surface area contributed by atoms with Crippen LogP contribution in [-0.2, 0) is 14.3 Å². The van der Waals surface area contributed by atoms with E-state index >= 15 is 0 Å². The summed E-state index contributed by atoms with van der Waals surface area (Å²) in [5, 5.41) is 2.87. The average molecular weight is 400 g/mol. The van der Waals surface area contributed by atoms with Crippen molar-refractivity contribution in [2.75, 3.05) is 13.1 Å². The molecule has 156 valence electrons. The van der Waals surface area contributed by atoms with Crippen LogP contribution in [0.1, 0.15) is 72.6 Å². The van der Waals surface area contributed by atoms with Gasteiger partial charge in [-0.1, -0.05) is 31.4 Å². The molecule has 2 aliphatic rings. The molecule has 0 spiro atoms. The van der Waals surface area contributed by atoms with Gasteiger partial charge < -0.3 is 10.1 Å². The van der Waals surface area contributed by atoms with Crippen molar-refractivity contribution in [3.63, 3.8) is 0 Å². The minimum atomic E-state index is -0.856. The lowest BCUT2D eigenvalue weighted by Crippen LogP contribution is -2.38. The second-order valence-electron chi connectivity index (χ2n) is 7.79. The van der Waals surface area contributed by atoms with Crippen molar-refractivity contribution in [3.8, 4) is 0 Å². The number of hydrogen-bond donors (Lipinski definition) is 1. The largest absolute Gasteiger partial charge is 0.453 e. The summed E-state index contributed by atoms with van der Waals surface area (Å²) in [6.07, 6.45) is 5.41. The van der Waals surface area contributed by atoms with E-state index < -0.39 is 12.1 Å². The summed E-state index contributed by atoms with van der Waals surface area (Å²) in [6.45, 7) is 2.32. The first-order chi connectivity index (χ1) is 14.0. The maximum absolute atomic E-state index is 12.3. The summed E-state index contributed by atoms with van der Waals surface area (Å²) in [5.74, 6) is -0.967. The summed E-state index contributed by atoms with van der Waals surface area (Å²) in [5.41, 5.74) is 0.784. The molecule has 29 heavy (non-hydrogen) atoms. The highest BCUT2D eigenvalue weighted by molar-refractivity contribution is 6.21. The van der Waals surface area contributed by atoms with E-state index in [4.69, 9.17) is 4.74 Å². The smallest absolute Gasteiger partial charge is 0.306 e. The summed E-state index contributed by atoms with van der Waals surface area (Å²) in [6, 6.07) is 6.67. The van der Waals surface area contributed by atoms with Gasteiger partial charge in [0.05, 0.1) is 11.1 Å². The fourth-order valence-corrected chi connectivity index (χ4v) is 3.91. The lowest BCUT2D eigenvalue weighted by molar-refractivity contribution is -0.155. The summed E-state index contributed by atoms with van der Waals surface area (Å²) in [4.78, 5) is 49.9. The van der Waals surface area contributed by atoms with Crippen LogP contribution in [-0.4, -0.2) is 47.8 Å². The van der Waals surface area contributed by atoms with Gasteiger partial charge in [-0.15, -0.1) is 0 Å². The minimum absolute atomic E-state index is 0.0354. The molecule has 1 heterocycles. The molecular formula is C22H28N2O5. The van der Waals surface area contributed by atoms with Gasteiger partial charge in [0.2, 0.25) is 0 Å². The van der Waals surface area contributed by atoms with Crippen LogP contribution in [0.3, 0.4) is 0 Å². The Labute approximate surface area is 170 Å². The molecule has 1 aliphatic heterocycles. The number of amides is 3. The van der Waals surface area contributed by atoms with Crippen molar-refractivity contribution in [3.05, 3.63) is 35.4 Å². The zero-order valence-corrected chi connectivity index (χ0v) is 16.8. The van der Waals surface area contributed by atoms with Gasteiger partial charge in [-0.3, -0.25) is 24.1 Å². The molecule has 1 aromatic carbocycles. The minimum Gasteiger partial charge on any atom is -0.453 e. The molecule has 1 unspecified atom stereocenters. The highest BCUT2D eigenvalue weighted by Gasteiger charge is 2.34. The lowest BCUT2D eigenvalue weighted by atomic mass is 9.89. The third-order valence-electron chi connectivity index (χ3n) is 5.61. The first-order valence-corrected chi connectivity index (χ1v) is 10.4. The van der Waals surface area contributed by atoms with Gasteiger partial charge >= 0.3 is 5.97 Å². The monoisotopic (exact) mass is 400 g/mol. The number of fused-ring (bicyclic) bond motifs is 1. The third kappa shape index (κ3) is 5.22. The number of imide groups is 1. The standard InChI is InChI=1S/C22H28N2O5/c1-15(20(26)23-14-16-8-3-2-4-9-16)29-19(25)12-7-13-24-21(27)17-10-5-6-11-18(17)22(24)28/h5-6,10-11,15-16H,2-4,7-9,12-14H2,1H3,(H,23,26). The van der Waals surface area contributed by atoms with E-state index in [1.54, 1.807) is 31.2 Å². The number of ether oxygens (including phenoxy) is 1. The van der Waals surface area contributed by atoms with Crippen LogP contribution in [0.5, 0.6) is 0 Å². The molecule has 3 amide bonds. The van der Waals surface area contributed by atoms with Gasteiger partial charge in [0.25, 0.3) is 17.7 Å². The normalized spacial score (nSPS) is 17.8. The summed E-state index contributed by atoms with van der Waals surface area (Å²) < 4.78 is 5.19. The molecule has 1 atom stereocenters. The van der Waals surface area contributed by atoms with Crippen molar-refractivity contribution in [2.45, 2.75) is 58.0 Å². The fourth-order valence-electron chi connectivity index (χ4n) is 3.91. The maximum Gasteiger partial charge on any atom is 0.306 e. The number of carbonyl (C=O) groups excluding carboxylic acids is 4. The number of nitrogens with zero attached hydrogens (tertiary/aromatic N) is 1. The van der Waals surface area contributed by atoms with Crippen LogP contribution >= 0.6 is 0 Å². The molecule has 0 bridgehead atoms. The Morgan fingerprint density at radius 2 is 1.72 bits per heavy atom. The Bertz CT molecular complexity index is 750. The van der Waals surface area contributed by atoms with Crippen LogP contribution in [0.25, 0.3) is 0 Å². The second kappa shape index (κ2) is 9.67. The van der Waals surface area contributed by atoms with E-state index in [0.29, 0.717) is 30.0 Å². The van der Waals surface area contributed by atoms with E-state index in [9.17, 15) is 19.2 Å².